The molecule has 1 aromatic carbocycles. The van der Waals surface area contributed by atoms with Gasteiger partial charge in [0.15, 0.2) is 0 Å². The molecule has 0 saturated carbocycles. The molecule has 0 aromatic heterocycles. The fourth-order valence-electron chi connectivity index (χ4n) is 0.994. The van der Waals surface area contributed by atoms with E-state index in [1.165, 1.54) is 6.07 Å². The number of rotatable bonds is 1. The number of ether oxygens (including phenoxy) is 1. The lowest BCUT2D eigenvalue weighted by Crippen LogP contribution is -2.12. The van der Waals surface area contributed by atoms with Gasteiger partial charge >= 0.3 is 12.3 Å². The summed E-state index contributed by atoms with van der Waals surface area (Å²) in [5.41, 5.74) is -0.846. The first kappa shape index (κ1) is 12.8. The molecule has 0 aliphatic rings. The van der Waals surface area contributed by atoms with Gasteiger partial charge in [0.25, 0.3) is 0 Å². The molecule has 0 radical (unpaired) electrons. The number of nitrogens with one attached hydrogen (secondary N) is 1. The molecule has 0 aliphatic carbocycles. The third kappa shape index (κ3) is 3.41. The summed E-state index contributed by atoms with van der Waals surface area (Å²) in [7, 11) is 1.12. The van der Waals surface area contributed by atoms with Crippen LogP contribution in [-0.2, 0) is 10.9 Å². The number of amides is 1. The van der Waals surface area contributed by atoms with Crippen LogP contribution in [0.1, 0.15) is 5.56 Å². The zero-order valence-corrected chi connectivity index (χ0v) is 9.65. The van der Waals surface area contributed by atoms with Gasteiger partial charge in [-0.3, -0.25) is 5.32 Å². The van der Waals surface area contributed by atoms with Crippen LogP contribution in [0.3, 0.4) is 0 Å². The number of alkyl halides is 3. The summed E-state index contributed by atoms with van der Waals surface area (Å²) >= 11 is 2.93. The Bertz CT molecular complexity index is 406. The Labute approximate surface area is 97.7 Å². The van der Waals surface area contributed by atoms with Gasteiger partial charge in [-0.05, 0) is 18.2 Å². The third-order valence-electron chi connectivity index (χ3n) is 1.66. The first-order valence-corrected chi connectivity index (χ1v) is 4.85. The molecule has 0 spiro atoms. The number of anilines is 1. The second kappa shape index (κ2) is 4.73. The van der Waals surface area contributed by atoms with E-state index in [0.29, 0.717) is 0 Å². The van der Waals surface area contributed by atoms with E-state index in [9.17, 15) is 18.0 Å². The number of methoxy groups -OCH3 is 1. The number of benzene rings is 1. The molecule has 1 aromatic rings. The van der Waals surface area contributed by atoms with Crippen molar-refractivity contribution in [2.24, 2.45) is 0 Å². The molecule has 1 amide bonds. The van der Waals surface area contributed by atoms with Crippen molar-refractivity contribution in [1.82, 2.24) is 0 Å². The number of hydrogen-bond donors (Lipinski definition) is 1. The molecule has 7 heteroatoms. The second-order valence-electron chi connectivity index (χ2n) is 2.84. The van der Waals surface area contributed by atoms with Crippen molar-refractivity contribution in [2.45, 2.75) is 6.18 Å². The highest BCUT2D eigenvalue weighted by Crippen LogP contribution is 2.33. The molecule has 0 bridgehead atoms. The maximum absolute atomic E-state index is 12.4. The van der Waals surface area contributed by atoms with Crippen LogP contribution < -0.4 is 5.32 Å². The van der Waals surface area contributed by atoms with Gasteiger partial charge in [0.05, 0.1) is 12.7 Å². The Morgan fingerprint density at radius 1 is 1.38 bits per heavy atom. The lowest BCUT2D eigenvalue weighted by Gasteiger charge is -2.10. The second-order valence-corrected chi connectivity index (χ2v) is 3.76. The average molecular weight is 298 g/mol. The van der Waals surface area contributed by atoms with E-state index in [1.54, 1.807) is 0 Å². The minimum absolute atomic E-state index is 0.00792. The van der Waals surface area contributed by atoms with Crippen molar-refractivity contribution < 1.29 is 22.7 Å². The number of carbonyl (C=O) groups excluding carboxylic acids is 1. The van der Waals surface area contributed by atoms with Gasteiger partial charge in [0, 0.05) is 10.2 Å². The van der Waals surface area contributed by atoms with Crippen LogP contribution in [0.25, 0.3) is 0 Å². The maximum atomic E-state index is 12.4. The first-order valence-electron chi connectivity index (χ1n) is 4.05. The fraction of sp³-hybridized carbons (Fsp3) is 0.222. The van der Waals surface area contributed by atoms with E-state index < -0.39 is 17.8 Å². The molecule has 1 rings (SSSR count). The predicted octanol–water partition coefficient (Wildman–Crippen LogP) is 3.65. The number of carbonyl (C=O) groups is 1. The topological polar surface area (TPSA) is 38.3 Å². The molecule has 16 heavy (non-hydrogen) atoms. The molecule has 0 heterocycles. The van der Waals surface area contributed by atoms with Crippen LogP contribution in [0.15, 0.2) is 22.7 Å². The molecule has 0 unspecified atom stereocenters. The molecule has 1 N–H and O–H groups in total. The molecule has 88 valence electrons. The van der Waals surface area contributed by atoms with Crippen LogP contribution in [0, 0.1) is 0 Å². The molecule has 0 fully saturated rings. The van der Waals surface area contributed by atoms with Crippen molar-refractivity contribution in [3.63, 3.8) is 0 Å². The van der Waals surface area contributed by atoms with Gasteiger partial charge in [-0.1, -0.05) is 15.9 Å². The first-order chi connectivity index (χ1) is 7.32. The van der Waals surface area contributed by atoms with Crippen LogP contribution in [0.5, 0.6) is 0 Å². The Morgan fingerprint density at radius 2 is 2.00 bits per heavy atom. The normalized spacial score (nSPS) is 11.1. The van der Waals surface area contributed by atoms with Gasteiger partial charge in [0.2, 0.25) is 0 Å². The van der Waals surface area contributed by atoms with Gasteiger partial charge < -0.3 is 4.74 Å². The van der Waals surface area contributed by atoms with Crippen LogP contribution in [0.4, 0.5) is 23.7 Å². The minimum atomic E-state index is -4.46. The zero-order chi connectivity index (χ0) is 12.3. The van der Waals surface area contributed by atoms with E-state index in [-0.39, 0.29) is 10.2 Å². The smallest absolute Gasteiger partial charge is 0.416 e. The van der Waals surface area contributed by atoms with Crippen LogP contribution >= 0.6 is 15.9 Å². The highest BCUT2D eigenvalue weighted by Gasteiger charge is 2.31. The van der Waals surface area contributed by atoms with Crippen molar-refractivity contribution in [3.05, 3.63) is 28.2 Å². The number of hydrogen-bond acceptors (Lipinski definition) is 2. The number of halogens is 4. The minimum Gasteiger partial charge on any atom is -0.453 e. The quantitative estimate of drug-likeness (QED) is 0.859. The molecule has 0 atom stereocenters. The van der Waals surface area contributed by atoms with Crippen molar-refractivity contribution in [3.8, 4) is 0 Å². The Morgan fingerprint density at radius 3 is 2.50 bits per heavy atom. The summed E-state index contributed by atoms with van der Waals surface area (Å²) in [6.45, 7) is 0. The summed E-state index contributed by atoms with van der Waals surface area (Å²) < 4.78 is 41.7. The standard InChI is InChI=1S/C9H7BrF3NO2/c1-16-8(15)14-7-3-5(9(11,12)13)2-6(10)4-7/h2-4H,1H3,(H,14,15). The Balaban J connectivity index is 3.04. The largest absolute Gasteiger partial charge is 0.453 e. The monoisotopic (exact) mass is 297 g/mol. The summed E-state index contributed by atoms with van der Waals surface area (Å²) in [5.74, 6) is 0. The van der Waals surface area contributed by atoms with E-state index in [2.05, 4.69) is 26.0 Å². The molecular weight excluding hydrogens is 291 g/mol. The molecule has 3 nitrogen and oxygen atoms in total. The average Bonchev–Trinajstić information content (AvgIpc) is 2.15. The third-order valence-corrected chi connectivity index (χ3v) is 2.11. The Hall–Kier alpha value is -1.24. The molecule has 0 saturated heterocycles. The molecular formula is C9H7BrF3NO2. The van der Waals surface area contributed by atoms with E-state index in [0.717, 1.165) is 19.2 Å². The predicted molar refractivity (Wildman–Crippen MR) is 55.2 cm³/mol. The van der Waals surface area contributed by atoms with Gasteiger partial charge in [-0.2, -0.15) is 13.2 Å². The van der Waals surface area contributed by atoms with E-state index in [4.69, 9.17) is 0 Å². The summed E-state index contributed by atoms with van der Waals surface area (Å²) in [5, 5.41) is 2.15. The van der Waals surface area contributed by atoms with Crippen LogP contribution in [0.2, 0.25) is 0 Å². The lowest BCUT2D eigenvalue weighted by atomic mass is 10.2. The van der Waals surface area contributed by atoms with Crippen molar-refractivity contribution in [2.75, 3.05) is 12.4 Å². The summed E-state index contributed by atoms with van der Waals surface area (Å²) in [6.07, 6.45) is -5.29. The highest BCUT2D eigenvalue weighted by molar-refractivity contribution is 9.10. The SMILES string of the molecule is COC(=O)Nc1cc(Br)cc(C(F)(F)F)c1. The fourth-order valence-corrected chi connectivity index (χ4v) is 1.49. The van der Waals surface area contributed by atoms with Crippen LogP contribution in [-0.4, -0.2) is 13.2 Å². The van der Waals surface area contributed by atoms with E-state index in [1.807, 2.05) is 0 Å². The summed E-state index contributed by atoms with van der Waals surface area (Å²) in [4.78, 5) is 10.8. The Kier molecular flexibility index (Phi) is 3.79. The van der Waals surface area contributed by atoms with Crippen molar-refractivity contribution >= 4 is 27.7 Å². The van der Waals surface area contributed by atoms with Gasteiger partial charge in [-0.25, -0.2) is 4.79 Å². The van der Waals surface area contributed by atoms with Gasteiger partial charge in [0.1, 0.15) is 0 Å². The molecule has 0 aliphatic heterocycles. The van der Waals surface area contributed by atoms with Crippen molar-refractivity contribution in [1.29, 1.82) is 0 Å². The van der Waals surface area contributed by atoms with E-state index >= 15 is 0 Å². The highest BCUT2D eigenvalue weighted by atomic mass is 79.9. The lowest BCUT2D eigenvalue weighted by molar-refractivity contribution is -0.137. The summed E-state index contributed by atoms with van der Waals surface area (Å²) in [6, 6.07) is 3.08. The zero-order valence-electron chi connectivity index (χ0n) is 8.06. The van der Waals surface area contributed by atoms with Gasteiger partial charge in [-0.15, -0.1) is 0 Å². The maximum Gasteiger partial charge on any atom is 0.416 e.